The lowest BCUT2D eigenvalue weighted by Crippen LogP contribution is -2.61. The van der Waals surface area contributed by atoms with E-state index in [-0.39, 0.29) is 0 Å². The molecule has 2 atom stereocenters. The van der Waals surface area contributed by atoms with Gasteiger partial charge in [-0.2, -0.15) is 0 Å². The first kappa shape index (κ1) is 6.51. The molecule has 1 rings (SSSR count). The van der Waals surface area contributed by atoms with Crippen molar-refractivity contribution in [2.24, 2.45) is 0 Å². The van der Waals surface area contributed by atoms with Crippen LogP contribution in [-0.4, -0.2) is 46.8 Å². The van der Waals surface area contributed by atoms with E-state index in [0.717, 1.165) is 0 Å². The third-order valence-electron chi connectivity index (χ3n) is 1.57. The van der Waals surface area contributed by atoms with Gasteiger partial charge in [-0.15, -0.1) is 0 Å². The second-order valence-electron chi connectivity index (χ2n) is 2.29. The zero-order valence-electron chi connectivity index (χ0n) is 5.11. The Balaban J connectivity index is 2.49. The molecule has 0 unspecified atom stereocenters. The minimum Gasteiger partial charge on any atom is -0.480 e. The highest BCUT2D eigenvalue weighted by atomic mass is 16.4. The summed E-state index contributed by atoms with van der Waals surface area (Å²) in [5, 5.41) is 17.2. The molecule has 0 aliphatic carbocycles. The Morgan fingerprint density at radius 3 is 2.44 bits per heavy atom. The zero-order valence-corrected chi connectivity index (χ0v) is 5.11. The minimum atomic E-state index is -0.948. The lowest BCUT2D eigenvalue weighted by molar-refractivity contribution is -0.157. The summed E-state index contributed by atoms with van der Waals surface area (Å²) in [7, 11) is 1.67. The van der Waals surface area contributed by atoms with Gasteiger partial charge < -0.3 is 10.2 Å². The van der Waals surface area contributed by atoms with Crippen molar-refractivity contribution in [3.63, 3.8) is 0 Å². The van der Waals surface area contributed by atoms with Gasteiger partial charge in [-0.1, -0.05) is 0 Å². The summed E-state index contributed by atoms with van der Waals surface area (Å²) in [4.78, 5) is 11.8. The van der Waals surface area contributed by atoms with E-state index in [0.29, 0.717) is 6.54 Å². The molecule has 1 saturated heterocycles. The highest BCUT2D eigenvalue weighted by Crippen LogP contribution is 2.14. The highest BCUT2D eigenvalue weighted by molar-refractivity contribution is 5.75. The highest BCUT2D eigenvalue weighted by Gasteiger charge is 2.40. The minimum absolute atomic E-state index is 0.469. The normalized spacial score (nSPS) is 35.8. The lowest BCUT2D eigenvalue weighted by Gasteiger charge is -2.39. The summed E-state index contributed by atoms with van der Waals surface area (Å²) in [5.74, 6) is -0.948. The fraction of sp³-hybridized carbons (Fsp3) is 0.800. The van der Waals surface area contributed by atoms with Gasteiger partial charge in [0.05, 0.1) is 6.10 Å². The SMILES string of the molecule is CN1C[C@@H](O)[C@H]1C(=O)O. The monoisotopic (exact) mass is 131 g/mol. The molecule has 1 aliphatic heterocycles. The molecule has 0 aromatic rings. The van der Waals surface area contributed by atoms with Gasteiger partial charge in [0.15, 0.2) is 0 Å². The van der Waals surface area contributed by atoms with E-state index < -0.39 is 18.1 Å². The first-order chi connectivity index (χ1) is 4.13. The van der Waals surface area contributed by atoms with Crippen LogP contribution in [0.25, 0.3) is 0 Å². The number of carbonyl (C=O) groups is 1. The number of aliphatic hydroxyl groups excluding tert-OH is 1. The maximum atomic E-state index is 10.2. The number of likely N-dealkylation sites (N-methyl/N-ethyl adjacent to an activating group) is 1. The first-order valence-electron chi connectivity index (χ1n) is 2.74. The van der Waals surface area contributed by atoms with Crippen molar-refractivity contribution < 1.29 is 15.0 Å². The summed E-state index contributed by atoms with van der Waals surface area (Å²) in [6.45, 7) is 0.469. The molecule has 0 saturated carbocycles. The largest absolute Gasteiger partial charge is 0.480 e. The van der Waals surface area contributed by atoms with E-state index in [1.807, 2.05) is 0 Å². The quantitative estimate of drug-likeness (QED) is 0.466. The number of aliphatic carboxylic acids is 1. The standard InChI is InChI=1S/C5H9NO3/c1-6-2-3(7)4(6)5(8)9/h3-4,7H,2H2,1H3,(H,8,9)/t3-,4+/m1/s1. The molecule has 0 aromatic carbocycles. The molecule has 0 radical (unpaired) electrons. The number of rotatable bonds is 1. The molecule has 0 amide bonds. The molecule has 1 heterocycles. The number of β-amino-alcohol motifs (C(OH)–C–C–N with tert-alkyl or cyclic N) is 1. The van der Waals surface area contributed by atoms with Crippen molar-refractivity contribution >= 4 is 5.97 Å². The van der Waals surface area contributed by atoms with Gasteiger partial charge in [0.1, 0.15) is 6.04 Å². The molecular formula is C5H9NO3. The predicted molar refractivity (Wildman–Crippen MR) is 30.1 cm³/mol. The summed E-state index contributed by atoms with van der Waals surface area (Å²) < 4.78 is 0. The molecule has 2 N–H and O–H groups in total. The number of aliphatic hydroxyl groups is 1. The second-order valence-corrected chi connectivity index (χ2v) is 2.29. The van der Waals surface area contributed by atoms with E-state index in [1.54, 1.807) is 11.9 Å². The number of carboxylic acid groups (broad SMARTS) is 1. The van der Waals surface area contributed by atoms with E-state index in [4.69, 9.17) is 10.2 Å². The molecule has 0 aromatic heterocycles. The van der Waals surface area contributed by atoms with Crippen LogP contribution in [0.2, 0.25) is 0 Å². The fourth-order valence-corrected chi connectivity index (χ4v) is 1.02. The number of nitrogens with zero attached hydrogens (tertiary/aromatic N) is 1. The van der Waals surface area contributed by atoms with Crippen molar-refractivity contribution in [1.82, 2.24) is 4.90 Å². The summed E-state index contributed by atoms with van der Waals surface area (Å²) in [6.07, 6.45) is -0.674. The smallest absolute Gasteiger partial charge is 0.323 e. The Hall–Kier alpha value is -0.610. The summed E-state index contributed by atoms with van der Waals surface area (Å²) in [5.41, 5.74) is 0. The first-order valence-corrected chi connectivity index (χ1v) is 2.74. The van der Waals surface area contributed by atoms with Gasteiger partial charge in [0, 0.05) is 6.54 Å². The van der Waals surface area contributed by atoms with Gasteiger partial charge >= 0.3 is 5.97 Å². The van der Waals surface area contributed by atoms with Crippen molar-refractivity contribution in [1.29, 1.82) is 0 Å². The number of hydrogen-bond acceptors (Lipinski definition) is 3. The topological polar surface area (TPSA) is 60.8 Å². The summed E-state index contributed by atoms with van der Waals surface area (Å²) >= 11 is 0. The third kappa shape index (κ3) is 0.906. The van der Waals surface area contributed by atoms with E-state index >= 15 is 0 Å². The molecule has 4 nitrogen and oxygen atoms in total. The Kier molecular flexibility index (Phi) is 1.42. The Bertz CT molecular complexity index is 128. The van der Waals surface area contributed by atoms with Gasteiger partial charge in [-0.3, -0.25) is 9.69 Å². The molecule has 4 heteroatoms. The maximum absolute atomic E-state index is 10.2. The molecule has 0 bridgehead atoms. The predicted octanol–water partition coefficient (Wildman–Crippen LogP) is -1.25. The van der Waals surface area contributed by atoms with Gasteiger partial charge in [0.2, 0.25) is 0 Å². The zero-order chi connectivity index (χ0) is 7.02. The Morgan fingerprint density at radius 1 is 1.78 bits per heavy atom. The lowest BCUT2D eigenvalue weighted by atomic mass is 10.0. The molecule has 1 fully saturated rings. The van der Waals surface area contributed by atoms with Gasteiger partial charge in [-0.05, 0) is 7.05 Å². The molecule has 1 aliphatic rings. The van der Waals surface area contributed by atoms with Crippen LogP contribution in [0.4, 0.5) is 0 Å². The van der Waals surface area contributed by atoms with Crippen LogP contribution in [0.5, 0.6) is 0 Å². The van der Waals surface area contributed by atoms with Crippen LogP contribution in [0.3, 0.4) is 0 Å². The van der Waals surface area contributed by atoms with Crippen molar-refractivity contribution in [2.75, 3.05) is 13.6 Å². The average Bonchev–Trinajstić information content (AvgIpc) is 1.62. The summed E-state index contributed by atoms with van der Waals surface area (Å²) in [6, 6.07) is -0.676. The average molecular weight is 131 g/mol. The van der Waals surface area contributed by atoms with Crippen LogP contribution in [0, 0.1) is 0 Å². The van der Waals surface area contributed by atoms with Crippen LogP contribution in [-0.2, 0) is 4.79 Å². The van der Waals surface area contributed by atoms with E-state index in [2.05, 4.69) is 0 Å². The van der Waals surface area contributed by atoms with E-state index in [9.17, 15) is 4.79 Å². The van der Waals surface area contributed by atoms with Crippen LogP contribution in [0.15, 0.2) is 0 Å². The Morgan fingerprint density at radius 2 is 2.33 bits per heavy atom. The van der Waals surface area contributed by atoms with Crippen LogP contribution < -0.4 is 0 Å². The van der Waals surface area contributed by atoms with Crippen molar-refractivity contribution in [3.8, 4) is 0 Å². The van der Waals surface area contributed by atoms with Crippen molar-refractivity contribution in [2.45, 2.75) is 12.1 Å². The van der Waals surface area contributed by atoms with E-state index in [1.165, 1.54) is 0 Å². The second kappa shape index (κ2) is 1.97. The van der Waals surface area contributed by atoms with Crippen LogP contribution in [0.1, 0.15) is 0 Å². The molecule has 52 valence electrons. The number of carboxylic acids is 1. The molecule has 0 spiro atoms. The third-order valence-corrected chi connectivity index (χ3v) is 1.57. The number of hydrogen-bond donors (Lipinski definition) is 2. The Labute approximate surface area is 52.7 Å². The molecule has 9 heavy (non-hydrogen) atoms. The van der Waals surface area contributed by atoms with Crippen LogP contribution >= 0.6 is 0 Å². The maximum Gasteiger partial charge on any atom is 0.323 e. The van der Waals surface area contributed by atoms with Crippen molar-refractivity contribution in [3.05, 3.63) is 0 Å². The van der Waals surface area contributed by atoms with Gasteiger partial charge in [0.25, 0.3) is 0 Å². The molecular weight excluding hydrogens is 122 g/mol. The fourth-order valence-electron chi connectivity index (χ4n) is 1.02. The number of likely N-dealkylation sites (tertiary alicyclic amines) is 1. The van der Waals surface area contributed by atoms with Gasteiger partial charge in [-0.25, -0.2) is 0 Å².